The first-order valence-electron chi connectivity index (χ1n) is 5.02. The largest absolute Gasteiger partial charge is 0.244 e. The molecule has 88 valence electrons. The van der Waals surface area contributed by atoms with Crippen LogP contribution < -0.4 is 0 Å². The first-order chi connectivity index (χ1) is 7.63. The van der Waals surface area contributed by atoms with Gasteiger partial charge >= 0.3 is 0 Å². The Kier molecular flexibility index (Phi) is 5.61. The molecule has 2 aromatic heterocycles. The van der Waals surface area contributed by atoms with Gasteiger partial charge in [-0.25, -0.2) is 9.44 Å². The molecule has 0 bridgehead atoms. The summed E-state index contributed by atoms with van der Waals surface area (Å²) in [7, 11) is 0. The van der Waals surface area contributed by atoms with Crippen LogP contribution in [0.3, 0.4) is 0 Å². The maximum Gasteiger partial charge on any atom is 0.107 e. The molecule has 0 aromatic carbocycles. The van der Waals surface area contributed by atoms with E-state index in [-0.39, 0.29) is 0 Å². The molecular formula is C10H14BrIN3P. The van der Waals surface area contributed by atoms with E-state index in [0.29, 0.717) is 6.37 Å². The van der Waals surface area contributed by atoms with Crippen molar-refractivity contribution < 1.29 is 0 Å². The Labute approximate surface area is 119 Å². The summed E-state index contributed by atoms with van der Waals surface area (Å²) >= 11 is 5.73. The summed E-state index contributed by atoms with van der Waals surface area (Å²) in [5.74, 6) is 0. The maximum atomic E-state index is 4.47. The van der Waals surface area contributed by atoms with Gasteiger partial charge in [-0.2, -0.15) is 5.10 Å². The molecular weight excluding hydrogens is 400 g/mol. The Hall–Kier alpha value is 0.260. The van der Waals surface area contributed by atoms with Gasteiger partial charge < -0.3 is 0 Å². The van der Waals surface area contributed by atoms with Gasteiger partial charge in [-0.05, 0) is 57.9 Å². The van der Waals surface area contributed by atoms with Gasteiger partial charge in [-0.15, -0.1) is 0 Å². The monoisotopic (exact) mass is 413 g/mol. The van der Waals surface area contributed by atoms with Crippen LogP contribution in [0.2, 0.25) is 0 Å². The molecule has 0 radical (unpaired) electrons. The first-order valence-corrected chi connectivity index (χ1v) is 9.88. The minimum Gasteiger partial charge on any atom is -0.244 e. The molecule has 0 aliphatic carbocycles. The molecule has 1 unspecified atom stereocenters. The highest BCUT2D eigenvalue weighted by Gasteiger charge is 2.10. The zero-order chi connectivity index (χ0) is 12.3. The molecule has 2 rings (SSSR count). The highest BCUT2D eigenvalue weighted by molar-refractivity contribution is 14.2. The number of nitrogens with zero attached hydrogens (tertiary/aromatic N) is 3. The van der Waals surface area contributed by atoms with Crippen molar-refractivity contribution in [1.29, 1.82) is 0 Å². The lowest BCUT2D eigenvalue weighted by Gasteiger charge is -2.00. The minimum absolute atomic E-state index is 0.618. The van der Waals surface area contributed by atoms with E-state index >= 15 is 0 Å². The van der Waals surface area contributed by atoms with Gasteiger partial charge in [0.1, 0.15) is 4.60 Å². The van der Waals surface area contributed by atoms with Gasteiger partial charge in [-0.3, -0.25) is 0 Å². The Balaban J connectivity index is 0.000000606. The van der Waals surface area contributed by atoms with E-state index in [9.17, 15) is 0 Å². The molecule has 0 aliphatic rings. The summed E-state index contributed by atoms with van der Waals surface area (Å²) in [5, 5.41) is 5.66. The average Bonchev–Trinajstić information content (AvgIpc) is 2.59. The van der Waals surface area contributed by atoms with Gasteiger partial charge in [0.2, 0.25) is 0 Å². The third-order valence-corrected chi connectivity index (χ3v) is 4.33. The lowest BCUT2D eigenvalue weighted by molar-refractivity contribution is 0.994. The fourth-order valence-electron chi connectivity index (χ4n) is 1.49. The van der Waals surface area contributed by atoms with E-state index in [1.807, 2.05) is 38.2 Å². The number of aryl methyl sites for hydroxylation is 2. The summed E-state index contributed by atoms with van der Waals surface area (Å²) in [6, 6.07) is 2.03. The second kappa shape index (κ2) is 6.26. The van der Waals surface area contributed by atoms with E-state index in [4.69, 9.17) is 0 Å². The molecule has 0 N–H and O–H groups in total. The van der Waals surface area contributed by atoms with Crippen molar-refractivity contribution >= 4 is 55.2 Å². The molecule has 0 saturated heterocycles. The number of hydrogen-bond acceptors (Lipinski definition) is 2. The lowest BCUT2D eigenvalue weighted by atomic mass is 10.2. The van der Waals surface area contributed by atoms with Gasteiger partial charge in [0.25, 0.3) is 0 Å². The predicted molar refractivity (Wildman–Crippen MR) is 83.8 cm³/mol. The van der Waals surface area contributed by atoms with Crippen LogP contribution in [0.1, 0.15) is 25.2 Å². The van der Waals surface area contributed by atoms with Gasteiger partial charge in [0, 0.05) is 5.39 Å². The quantitative estimate of drug-likeness (QED) is 0.387. The van der Waals surface area contributed by atoms with Crippen molar-refractivity contribution in [2.24, 2.45) is 0 Å². The number of halogens is 2. The van der Waals surface area contributed by atoms with Crippen molar-refractivity contribution in [3.05, 3.63) is 22.1 Å². The van der Waals surface area contributed by atoms with Crippen LogP contribution in [-0.4, -0.2) is 14.5 Å². The van der Waals surface area contributed by atoms with Gasteiger partial charge in [0.15, 0.2) is 0 Å². The van der Waals surface area contributed by atoms with Crippen molar-refractivity contribution in [2.75, 3.05) is 0 Å². The average molecular weight is 414 g/mol. The van der Waals surface area contributed by atoms with Gasteiger partial charge in [0.05, 0.1) is 23.3 Å². The normalized spacial score (nSPS) is 10.9. The fraction of sp³-hybridized carbons (Fsp3) is 0.400. The van der Waals surface area contributed by atoms with E-state index in [2.05, 4.69) is 48.1 Å². The summed E-state index contributed by atoms with van der Waals surface area (Å²) in [5.41, 5.74) is 3.24. The molecule has 0 aliphatic heterocycles. The molecule has 1 atom stereocenters. The number of pyridine rings is 1. The Bertz CT molecular complexity index is 498. The lowest BCUT2D eigenvalue weighted by Crippen LogP contribution is -1.89. The van der Waals surface area contributed by atoms with E-state index < -0.39 is 0 Å². The van der Waals surface area contributed by atoms with Gasteiger partial charge in [-0.1, -0.05) is 13.8 Å². The summed E-state index contributed by atoms with van der Waals surface area (Å²) in [4.78, 5) is 4.38. The SMILES string of the molecule is CC.Cc1nn(PI)c2c(C)nc(Br)cc12. The number of rotatable bonds is 1. The van der Waals surface area contributed by atoms with Crippen molar-refractivity contribution in [3.8, 4) is 0 Å². The number of fused-ring (bicyclic) bond motifs is 1. The van der Waals surface area contributed by atoms with Crippen LogP contribution in [0.4, 0.5) is 0 Å². The highest BCUT2D eigenvalue weighted by atomic mass is 127. The second-order valence-corrected chi connectivity index (χ2v) is 5.86. The van der Waals surface area contributed by atoms with E-state index in [1.54, 1.807) is 0 Å². The molecule has 6 heteroatoms. The van der Waals surface area contributed by atoms with Crippen LogP contribution >= 0.6 is 44.3 Å². The number of hydrogen-bond donors (Lipinski definition) is 0. The van der Waals surface area contributed by atoms with E-state index in [0.717, 1.165) is 21.5 Å². The third kappa shape index (κ3) is 2.74. The van der Waals surface area contributed by atoms with Crippen molar-refractivity contribution in [3.63, 3.8) is 0 Å². The molecule has 0 spiro atoms. The summed E-state index contributed by atoms with van der Waals surface area (Å²) in [6.07, 6.45) is 0.618. The number of aromatic nitrogens is 3. The van der Waals surface area contributed by atoms with Crippen molar-refractivity contribution in [1.82, 2.24) is 14.5 Å². The Morgan fingerprint density at radius 1 is 1.31 bits per heavy atom. The molecule has 0 fully saturated rings. The van der Waals surface area contributed by atoms with Crippen molar-refractivity contribution in [2.45, 2.75) is 27.7 Å². The van der Waals surface area contributed by atoms with Crippen LogP contribution in [0.5, 0.6) is 0 Å². The molecule has 0 saturated carbocycles. The van der Waals surface area contributed by atoms with E-state index in [1.165, 1.54) is 5.39 Å². The highest BCUT2D eigenvalue weighted by Crippen LogP contribution is 2.32. The topological polar surface area (TPSA) is 30.7 Å². The maximum absolute atomic E-state index is 4.47. The summed E-state index contributed by atoms with van der Waals surface area (Å²) in [6.45, 7) is 8.04. The molecule has 16 heavy (non-hydrogen) atoms. The standard InChI is InChI=1S/C8H8BrIN3P.C2H6/c1-4-6-3-7(9)11-5(2)8(6)13(12-4)14-10;1-2/h3,14H,1-2H3;1-2H3. The Morgan fingerprint density at radius 2 is 1.94 bits per heavy atom. The van der Waals surface area contributed by atoms with Crippen LogP contribution in [-0.2, 0) is 0 Å². The fourth-order valence-corrected chi connectivity index (χ4v) is 3.58. The van der Waals surface area contributed by atoms with Crippen LogP contribution in [0, 0.1) is 13.8 Å². The minimum atomic E-state index is 0.618. The first kappa shape index (κ1) is 14.3. The molecule has 2 heterocycles. The zero-order valence-electron chi connectivity index (χ0n) is 9.67. The third-order valence-electron chi connectivity index (χ3n) is 2.07. The molecule has 2 aromatic rings. The van der Waals surface area contributed by atoms with Crippen LogP contribution in [0.15, 0.2) is 10.7 Å². The Morgan fingerprint density at radius 3 is 2.50 bits per heavy atom. The molecule has 0 amide bonds. The second-order valence-electron chi connectivity index (χ2n) is 3.01. The molecule has 3 nitrogen and oxygen atoms in total. The van der Waals surface area contributed by atoms with Crippen LogP contribution in [0.25, 0.3) is 10.9 Å². The zero-order valence-corrected chi connectivity index (χ0v) is 14.4. The predicted octanol–water partition coefficient (Wildman–Crippen LogP) is 4.63. The summed E-state index contributed by atoms with van der Waals surface area (Å²) < 4.78 is 2.89. The smallest absolute Gasteiger partial charge is 0.107 e.